The molecule has 0 bridgehead atoms. The van der Waals surface area contributed by atoms with E-state index < -0.39 is 0 Å². The molecule has 3 aliphatic carbocycles. The number of imidazole rings is 1. The molecule has 5 heterocycles. The third kappa shape index (κ3) is 4.18. The molecule has 0 unspecified atom stereocenters. The van der Waals surface area contributed by atoms with Gasteiger partial charge in [0, 0.05) is 73.0 Å². The molecular weight excluding hydrogens is 568 g/mol. The first kappa shape index (κ1) is 26.4. The first-order valence-corrected chi connectivity index (χ1v) is 15.7. The highest BCUT2D eigenvalue weighted by molar-refractivity contribution is 5.95. The largest absolute Gasteiger partial charge is 0.478 e. The van der Waals surface area contributed by atoms with Crippen molar-refractivity contribution in [2.24, 2.45) is 20.0 Å². The molecule has 3 saturated carbocycles. The zero-order valence-corrected chi connectivity index (χ0v) is 25.7. The van der Waals surface area contributed by atoms with Crippen LogP contribution in [0.3, 0.4) is 0 Å². The molecule has 6 aromatic rings. The van der Waals surface area contributed by atoms with Crippen LogP contribution in [0.15, 0.2) is 42.9 Å². The Morgan fingerprint density at radius 3 is 2.56 bits per heavy atom. The van der Waals surface area contributed by atoms with E-state index in [0.29, 0.717) is 17.7 Å². The zero-order chi connectivity index (χ0) is 30.6. The second kappa shape index (κ2) is 9.50. The van der Waals surface area contributed by atoms with E-state index >= 15 is 0 Å². The van der Waals surface area contributed by atoms with E-state index in [1.165, 1.54) is 5.69 Å². The maximum absolute atomic E-state index is 12.2. The number of rotatable bonds is 8. The first-order valence-electron chi connectivity index (χ1n) is 15.7. The molecule has 0 aliphatic heterocycles. The van der Waals surface area contributed by atoms with E-state index in [1.807, 2.05) is 45.7 Å². The Hall–Kier alpha value is -5.00. The number of hydrogen-bond acceptors (Lipinski definition) is 7. The van der Waals surface area contributed by atoms with Crippen LogP contribution < -0.4 is 10.1 Å². The van der Waals surface area contributed by atoms with Gasteiger partial charge in [0.05, 0.1) is 42.2 Å². The van der Waals surface area contributed by atoms with Crippen LogP contribution >= 0.6 is 0 Å². The number of aromatic nitrogens is 9. The third-order valence-corrected chi connectivity index (χ3v) is 9.55. The maximum Gasteiger partial charge on any atom is 0.258 e. The van der Waals surface area contributed by atoms with Gasteiger partial charge in [-0.3, -0.25) is 14.2 Å². The number of benzene rings is 1. The summed E-state index contributed by atoms with van der Waals surface area (Å²) in [6, 6.07) is 8.47. The number of fused-ring (bicyclic) bond motifs is 2. The highest BCUT2D eigenvalue weighted by atomic mass is 16.5. The maximum atomic E-state index is 12.2. The summed E-state index contributed by atoms with van der Waals surface area (Å²) in [6.07, 6.45) is 11.4. The van der Waals surface area contributed by atoms with Crippen LogP contribution in [-0.2, 0) is 18.9 Å². The van der Waals surface area contributed by atoms with E-state index in [0.717, 1.165) is 88.1 Å². The summed E-state index contributed by atoms with van der Waals surface area (Å²) < 4.78 is 13.5. The average Bonchev–Trinajstić information content (AvgIpc) is 4.00. The molecule has 3 fully saturated rings. The molecule has 2 atom stereocenters. The molecule has 12 heteroatoms. The Kier molecular flexibility index (Phi) is 5.57. The molecule has 45 heavy (non-hydrogen) atoms. The zero-order valence-electron chi connectivity index (χ0n) is 25.7. The monoisotopic (exact) mass is 602 g/mol. The summed E-state index contributed by atoms with van der Waals surface area (Å²) in [4.78, 5) is 22.6. The minimum absolute atomic E-state index is 0.0158. The normalized spacial score (nSPS) is 19.5. The lowest BCUT2D eigenvalue weighted by Crippen LogP contribution is -2.21. The summed E-state index contributed by atoms with van der Waals surface area (Å²) in [5.74, 6) is 2.31. The number of carbonyl (C=O) groups is 1. The lowest BCUT2D eigenvalue weighted by Gasteiger charge is -2.10. The Balaban J connectivity index is 1.17. The Morgan fingerprint density at radius 1 is 0.978 bits per heavy atom. The quantitative estimate of drug-likeness (QED) is 0.269. The van der Waals surface area contributed by atoms with Gasteiger partial charge in [-0.05, 0) is 44.2 Å². The summed E-state index contributed by atoms with van der Waals surface area (Å²) in [5.41, 5.74) is 7.91. The van der Waals surface area contributed by atoms with Crippen molar-refractivity contribution in [1.29, 1.82) is 0 Å². The van der Waals surface area contributed by atoms with Crippen LogP contribution in [-0.4, -0.2) is 63.9 Å². The number of nitrogens with zero attached hydrogens (tertiary/aromatic N) is 9. The number of hydrogen-bond donors (Lipinski definition) is 1. The highest BCUT2D eigenvalue weighted by Crippen LogP contribution is 2.49. The predicted octanol–water partition coefficient (Wildman–Crippen LogP) is 4.64. The van der Waals surface area contributed by atoms with E-state index in [4.69, 9.17) is 19.8 Å². The van der Waals surface area contributed by atoms with Crippen LogP contribution in [0.5, 0.6) is 5.88 Å². The fourth-order valence-electron chi connectivity index (χ4n) is 6.86. The fraction of sp³-hybridized carbons (Fsp3) is 0.394. The second-order valence-corrected chi connectivity index (χ2v) is 12.8. The van der Waals surface area contributed by atoms with Gasteiger partial charge in [-0.15, -0.1) is 5.10 Å². The molecule has 1 amide bonds. The van der Waals surface area contributed by atoms with Crippen molar-refractivity contribution in [3.63, 3.8) is 0 Å². The van der Waals surface area contributed by atoms with Crippen molar-refractivity contribution in [2.45, 2.75) is 50.0 Å². The average molecular weight is 603 g/mol. The Labute approximate surface area is 259 Å². The van der Waals surface area contributed by atoms with E-state index in [-0.39, 0.29) is 17.9 Å². The van der Waals surface area contributed by atoms with E-state index in [9.17, 15) is 4.79 Å². The Bertz CT molecular complexity index is 2160. The van der Waals surface area contributed by atoms with Crippen molar-refractivity contribution >= 4 is 27.8 Å². The lowest BCUT2D eigenvalue weighted by atomic mass is 10.0. The predicted molar refractivity (Wildman–Crippen MR) is 168 cm³/mol. The fourth-order valence-corrected chi connectivity index (χ4v) is 6.86. The van der Waals surface area contributed by atoms with Gasteiger partial charge in [-0.1, -0.05) is 12.1 Å². The number of nitrogens with one attached hydrogen (secondary N) is 1. The van der Waals surface area contributed by atoms with E-state index in [1.54, 1.807) is 14.2 Å². The molecule has 0 saturated heterocycles. The molecule has 0 spiro atoms. The second-order valence-electron chi connectivity index (χ2n) is 12.8. The Morgan fingerprint density at radius 2 is 1.80 bits per heavy atom. The molecule has 228 valence electrons. The van der Waals surface area contributed by atoms with Crippen molar-refractivity contribution in [3.05, 3.63) is 54.2 Å². The molecule has 3 aliphatic rings. The highest BCUT2D eigenvalue weighted by Gasteiger charge is 2.45. The standard InChI is InChI=1S/C33H34N10O2/c1-34-32(44)21-13-25(21)43-16-26(33(39-43)45-4)42-15-23-20(6-5-7-24(23)37-42)28-29(18-10-11-18)41(3)31(36-28)22-12-19-14-40(2)38-30(19)35-27(22)17-8-9-17/h5-7,12,14-18,21,25H,8-11,13H2,1-4H3,(H,34,44)/t21-,25-/m0/s1. The van der Waals surface area contributed by atoms with Crippen LogP contribution in [0.25, 0.3) is 50.3 Å². The van der Waals surface area contributed by atoms with Crippen LogP contribution in [0, 0.1) is 5.92 Å². The molecular formula is C33H34N10O2. The van der Waals surface area contributed by atoms with Gasteiger partial charge in [0.15, 0.2) is 5.65 Å². The molecule has 5 aromatic heterocycles. The van der Waals surface area contributed by atoms with Gasteiger partial charge in [0.25, 0.3) is 5.88 Å². The van der Waals surface area contributed by atoms with Crippen molar-refractivity contribution < 1.29 is 9.53 Å². The molecule has 1 aromatic carbocycles. The summed E-state index contributed by atoms with van der Waals surface area (Å²) in [5, 5.41) is 19.0. The minimum atomic E-state index is -0.0792. The SMILES string of the molecule is CNC(=O)[C@H]1C[C@@H]1n1cc(-n2cc3c(-c4nc(-c5cc6cn(C)nc6nc5C5CC5)n(C)c4C4CC4)cccc3n2)c(OC)n1. The summed E-state index contributed by atoms with van der Waals surface area (Å²) in [7, 11) is 7.37. The molecule has 1 N–H and O–H groups in total. The topological polar surface area (TPSA) is 123 Å². The van der Waals surface area contributed by atoms with Gasteiger partial charge < -0.3 is 14.6 Å². The van der Waals surface area contributed by atoms with Crippen LogP contribution in [0.1, 0.15) is 61.4 Å². The van der Waals surface area contributed by atoms with E-state index in [2.05, 4.69) is 45.3 Å². The summed E-state index contributed by atoms with van der Waals surface area (Å²) in [6.45, 7) is 0. The first-order chi connectivity index (χ1) is 21.9. The number of pyridine rings is 1. The molecule has 0 radical (unpaired) electrons. The minimum Gasteiger partial charge on any atom is -0.478 e. The molecule has 12 nitrogen and oxygen atoms in total. The van der Waals surface area contributed by atoms with Crippen LogP contribution in [0.4, 0.5) is 0 Å². The lowest BCUT2D eigenvalue weighted by molar-refractivity contribution is -0.122. The van der Waals surface area contributed by atoms with Gasteiger partial charge >= 0.3 is 0 Å². The van der Waals surface area contributed by atoms with Crippen LogP contribution in [0.2, 0.25) is 0 Å². The number of amides is 1. The van der Waals surface area contributed by atoms with Crippen molar-refractivity contribution in [1.82, 2.24) is 49.2 Å². The van der Waals surface area contributed by atoms with Gasteiger partial charge in [0.2, 0.25) is 5.91 Å². The van der Waals surface area contributed by atoms with Gasteiger partial charge in [-0.25, -0.2) is 14.6 Å². The summed E-state index contributed by atoms with van der Waals surface area (Å²) >= 11 is 0. The number of ether oxygens (including phenoxy) is 1. The van der Waals surface area contributed by atoms with Gasteiger partial charge in [-0.2, -0.15) is 10.2 Å². The number of carbonyl (C=O) groups excluding carboxylic acids is 1. The number of methoxy groups -OCH3 is 1. The number of aryl methyl sites for hydroxylation is 1. The van der Waals surface area contributed by atoms with Crippen molar-refractivity contribution in [3.8, 4) is 34.2 Å². The smallest absolute Gasteiger partial charge is 0.258 e. The third-order valence-electron chi connectivity index (χ3n) is 9.55. The van der Waals surface area contributed by atoms with Crippen molar-refractivity contribution in [2.75, 3.05) is 14.2 Å². The van der Waals surface area contributed by atoms with Gasteiger partial charge in [0.1, 0.15) is 11.5 Å². The molecule has 9 rings (SSSR count).